The highest BCUT2D eigenvalue weighted by Gasteiger charge is 2.33. The van der Waals surface area contributed by atoms with E-state index in [1.54, 1.807) is 0 Å². The predicted molar refractivity (Wildman–Crippen MR) is 119 cm³/mol. The van der Waals surface area contributed by atoms with Crippen molar-refractivity contribution in [2.24, 2.45) is 17.8 Å². The zero-order valence-corrected chi connectivity index (χ0v) is 19.0. The van der Waals surface area contributed by atoms with Crippen LogP contribution in [0, 0.1) is 35.5 Å². The summed E-state index contributed by atoms with van der Waals surface area (Å²) < 4.78 is 64.4. The van der Waals surface area contributed by atoms with Gasteiger partial charge in [0.1, 0.15) is 17.3 Å². The van der Waals surface area contributed by atoms with Gasteiger partial charge in [0.2, 0.25) is 0 Å². The summed E-state index contributed by atoms with van der Waals surface area (Å²) in [6, 6.07) is 9.05. The normalized spacial score (nSPS) is 25.8. The van der Waals surface area contributed by atoms with Gasteiger partial charge in [-0.2, -0.15) is 8.78 Å². The summed E-state index contributed by atoms with van der Waals surface area (Å²) in [7, 11) is 0. The number of benzene rings is 2. The van der Waals surface area contributed by atoms with Crippen molar-refractivity contribution in [3.8, 4) is 17.2 Å². The Bertz CT molecular complexity index is 899. The van der Waals surface area contributed by atoms with Gasteiger partial charge >= 0.3 is 6.61 Å². The van der Waals surface area contributed by atoms with E-state index >= 15 is 4.39 Å². The van der Waals surface area contributed by atoms with Crippen molar-refractivity contribution < 1.29 is 27.0 Å². The fourth-order valence-corrected chi connectivity index (χ4v) is 5.70. The van der Waals surface area contributed by atoms with Gasteiger partial charge in [0.25, 0.3) is 0 Å². The summed E-state index contributed by atoms with van der Waals surface area (Å²) in [5, 5.41) is 0. The second-order valence-electron chi connectivity index (χ2n) is 9.45. The molecule has 2 nitrogen and oxygen atoms in total. The van der Waals surface area contributed by atoms with E-state index < -0.39 is 18.2 Å². The summed E-state index contributed by atoms with van der Waals surface area (Å²) in [6.45, 7) is -0.658. The van der Waals surface area contributed by atoms with Gasteiger partial charge in [0.15, 0.2) is 11.6 Å². The minimum atomic E-state index is -2.93. The minimum absolute atomic E-state index is 0.0264. The Morgan fingerprint density at radius 3 is 2.03 bits per heavy atom. The molecule has 2 aliphatic rings. The molecule has 33 heavy (non-hydrogen) atoms. The average Bonchev–Trinajstić information content (AvgIpc) is 2.82. The molecule has 0 saturated heterocycles. The first-order chi connectivity index (χ1) is 15.9. The Hall–Kier alpha value is -2.24. The van der Waals surface area contributed by atoms with Crippen molar-refractivity contribution in [1.82, 2.24) is 0 Å². The van der Waals surface area contributed by atoms with E-state index in [0.717, 1.165) is 43.6 Å². The molecule has 0 bridgehead atoms. The van der Waals surface area contributed by atoms with E-state index in [0.29, 0.717) is 5.92 Å². The lowest BCUT2D eigenvalue weighted by Gasteiger charge is -2.38. The van der Waals surface area contributed by atoms with Crippen LogP contribution in [-0.4, -0.2) is 6.61 Å². The SMILES string of the molecule is CC[C@H]1CC[C@H](C2CCC(c3c(F)c[c]c(Oc4ccc(OC(F)F)cc4)c3F)CC2)CC1. The third-order valence-electron chi connectivity index (χ3n) is 7.61. The zero-order chi connectivity index (χ0) is 23.4. The Kier molecular flexibility index (Phi) is 7.82. The summed E-state index contributed by atoms with van der Waals surface area (Å²) in [4.78, 5) is 0. The molecule has 6 heteroatoms. The molecule has 0 amide bonds. The van der Waals surface area contributed by atoms with Crippen molar-refractivity contribution in [3.05, 3.63) is 53.6 Å². The number of alkyl halides is 2. The lowest BCUT2D eigenvalue weighted by Crippen LogP contribution is -2.25. The first-order valence-corrected chi connectivity index (χ1v) is 12.1. The molecule has 4 rings (SSSR count). The molecular weight excluding hydrogens is 432 g/mol. The van der Waals surface area contributed by atoms with Crippen LogP contribution in [0.1, 0.15) is 76.2 Å². The molecule has 0 atom stereocenters. The van der Waals surface area contributed by atoms with E-state index in [1.165, 1.54) is 56.4 Å². The van der Waals surface area contributed by atoms with Crippen molar-refractivity contribution in [3.63, 3.8) is 0 Å². The third kappa shape index (κ3) is 5.82. The molecule has 2 saturated carbocycles. The maximum atomic E-state index is 15.3. The predicted octanol–water partition coefficient (Wildman–Crippen LogP) is 8.65. The lowest BCUT2D eigenvalue weighted by atomic mass is 9.68. The summed E-state index contributed by atoms with van der Waals surface area (Å²) in [5.74, 6) is 0.807. The van der Waals surface area contributed by atoms with Crippen LogP contribution in [0.15, 0.2) is 30.3 Å². The smallest absolute Gasteiger partial charge is 0.387 e. The second kappa shape index (κ2) is 10.8. The van der Waals surface area contributed by atoms with Crippen LogP contribution in [0.4, 0.5) is 17.6 Å². The quantitative estimate of drug-likeness (QED) is 0.383. The number of ether oxygens (including phenoxy) is 2. The Morgan fingerprint density at radius 2 is 1.45 bits per heavy atom. The summed E-state index contributed by atoms with van der Waals surface area (Å²) in [6.07, 6.45) is 10.0. The Labute approximate surface area is 193 Å². The van der Waals surface area contributed by atoms with E-state index in [1.807, 2.05) is 0 Å². The number of halogens is 4. The van der Waals surface area contributed by atoms with E-state index in [4.69, 9.17) is 4.74 Å². The minimum Gasteiger partial charge on any atom is -0.454 e. The molecule has 2 aromatic rings. The van der Waals surface area contributed by atoms with E-state index in [2.05, 4.69) is 17.7 Å². The van der Waals surface area contributed by atoms with Gasteiger partial charge in [-0.1, -0.05) is 26.2 Å². The molecule has 0 aromatic heterocycles. The van der Waals surface area contributed by atoms with Crippen molar-refractivity contribution in [2.45, 2.75) is 77.2 Å². The van der Waals surface area contributed by atoms with E-state index in [9.17, 15) is 13.2 Å². The molecule has 0 N–H and O–H groups in total. The molecular formula is C27H31F4O2. The highest BCUT2D eigenvalue weighted by atomic mass is 19.3. The molecule has 0 heterocycles. The van der Waals surface area contributed by atoms with Crippen LogP contribution in [0.2, 0.25) is 0 Å². The van der Waals surface area contributed by atoms with Crippen LogP contribution < -0.4 is 9.47 Å². The maximum Gasteiger partial charge on any atom is 0.387 e. The van der Waals surface area contributed by atoms with Gasteiger partial charge in [-0.3, -0.25) is 0 Å². The van der Waals surface area contributed by atoms with Crippen molar-refractivity contribution >= 4 is 0 Å². The Balaban J connectivity index is 1.40. The summed E-state index contributed by atoms with van der Waals surface area (Å²) >= 11 is 0. The van der Waals surface area contributed by atoms with Crippen molar-refractivity contribution in [2.75, 3.05) is 0 Å². The highest BCUT2D eigenvalue weighted by Crippen LogP contribution is 2.46. The molecule has 0 unspecified atom stereocenters. The standard InChI is InChI=1S/C27H31F4O2/c1-2-17-3-5-18(6-4-17)19-7-9-20(10-8-19)25-23(28)15-16-24(26(25)29)32-21-11-13-22(14-12-21)33-27(30)31/h11-15,17-20,27H,2-10H2,1H3/t17-,18-,19?,20?. The fraction of sp³-hybridized carbons (Fsp3) is 0.556. The zero-order valence-electron chi connectivity index (χ0n) is 19.0. The van der Waals surface area contributed by atoms with Crippen molar-refractivity contribution in [1.29, 1.82) is 0 Å². The van der Waals surface area contributed by atoms with Crippen LogP contribution >= 0.6 is 0 Å². The van der Waals surface area contributed by atoms with Gasteiger partial charge in [-0.25, -0.2) is 8.78 Å². The maximum absolute atomic E-state index is 15.3. The fourth-order valence-electron chi connectivity index (χ4n) is 5.70. The molecule has 0 aliphatic heterocycles. The van der Waals surface area contributed by atoms with Crippen LogP contribution in [-0.2, 0) is 0 Å². The molecule has 0 spiro atoms. The van der Waals surface area contributed by atoms with Gasteiger partial charge in [-0.05, 0) is 92.5 Å². The Morgan fingerprint density at radius 1 is 0.879 bits per heavy atom. The molecule has 2 aromatic carbocycles. The number of hydrogen-bond donors (Lipinski definition) is 0. The molecule has 179 valence electrons. The van der Waals surface area contributed by atoms with Crippen LogP contribution in [0.3, 0.4) is 0 Å². The van der Waals surface area contributed by atoms with E-state index in [-0.39, 0.29) is 28.7 Å². The topological polar surface area (TPSA) is 18.5 Å². The average molecular weight is 464 g/mol. The monoisotopic (exact) mass is 463 g/mol. The largest absolute Gasteiger partial charge is 0.454 e. The van der Waals surface area contributed by atoms with Gasteiger partial charge in [0, 0.05) is 11.6 Å². The van der Waals surface area contributed by atoms with Gasteiger partial charge in [-0.15, -0.1) is 0 Å². The van der Waals surface area contributed by atoms with Gasteiger partial charge in [0.05, 0.1) is 0 Å². The third-order valence-corrected chi connectivity index (χ3v) is 7.61. The molecule has 2 fully saturated rings. The van der Waals surface area contributed by atoms with Gasteiger partial charge < -0.3 is 9.47 Å². The lowest BCUT2D eigenvalue weighted by molar-refractivity contribution is -0.0498. The molecule has 1 radical (unpaired) electrons. The summed E-state index contributed by atoms with van der Waals surface area (Å²) in [5.41, 5.74) is 0.0783. The highest BCUT2D eigenvalue weighted by molar-refractivity contribution is 5.39. The first kappa shape index (κ1) is 23.9. The number of hydrogen-bond acceptors (Lipinski definition) is 2. The van der Waals surface area contributed by atoms with Crippen LogP contribution in [0.5, 0.6) is 17.2 Å². The first-order valence-electron chi connectivity index (χ1n) is 12.1. The van der Waals surface area contributed by atoms with Crippen LogP contribution in [0.25, 0.3) is 0 Å². The second-order valence-corrected chi connectivity index (χ2v) is 9.45. The molecule has 2 aliphatic carbocycles. The number of rotatable bonds is 7.